The minimum Gasteiger partial charge on any atom is -0.376 e. The predicted octanol–water partition coefficient (Wildman–Crippen LogP) is 1.08. The van der Waals surface area contributed by atoms with Gasteiger partial charge < -0.3 is 14.6 Å². The van der Waals surface area contributed by atoms with Gasteiger partial charge in [0, 0.05) is 19.2 Å². The van der Waals surface area contributed by atoms with E-state index in [1.54, 1.807) is 18.2 Å². The fourth-order valence-electron chi connectivity index (χ4n) is 2.48. The van der Waals surface area contributed by atoms with Gasteiger partial charge in [0.05, 0.1) is 23.7 Å². The van der Waals surface area contributed by atoms with Gasteiger partial charge in [0.25, 0.3) is 5.91 Å². The highest BCUT2D eigenvalue weighted by Crippen LogP contribution is 2.21. The second-order valence-electron chi connectivity index (χ2n) is 5.30. The molecule has 1 N–H and O–H groups in total. The van der Waals surface area contributed by atoms with Crippen molar-refractivity contribution in [2.45, 2.75) is 24.5 Å². The number of nitrogens with zero attached hydrogens (tertiary/aromatic N) is 1. The average molecular weight is 336 g/mol. The van der Waals surface area contributed by atoms with Crippen LogP contribution < -0.4 is 5.32 Å². The van der Waals surface area contributed by atoms with Gasteiger partial charge in [-0.3, -0.25) is 4.79 Å². The molecule has 0 radical (unpaired) electrons. The molecular formula is C15H16N2O5S. The first kappa shape index (κ1) is 15.7. The van der Waals surface area contributed by atoms with E-state index in [1.165, 1.54) is 6.07 Å². The normalized spacial score (nSPS) is 14.3. The lowest BCUT2D eigenvalue weighted by atomic mass is 10.1. The molecular weight excluding hydrogens is 320 g/mol. The van der Waals surface area contributed by atoms with E-state index in [2.05, 4.69) is 10.5 Å². The second-order valence-corrected chi connectivity index (χ2v) is 7.28. The summed E-state index contributed by atoms with van der Waals surface area (Å²) in [5.74, 6) is 0.252. The number of nitrogens with one attached hydrogen (secondary N) is 1. The molecule has 2 heterocycles. The van der Waals surface area contributed by atoms with E-state index in [-0.39, 0.29) is 17.1 Å². The van der Waals surface area contributed by atoms with Gasteiger partial charge in [0.2, 0.25) is 0 Å². The van der Waals surface area contributed by atoms with Gasteiger partial charge in [-0.1, -0.05) is 23.4 Å². The molecule has 0 fully saturated rings. The molecule has 0 saturated carbocycles. The van der Waals surface area contributed by atoms with Crippen molar-refractivity contribution < 1.29 is 22.5 Å². The Balaban J connectivity index is 1.77. The summed E-state index contributed by atoms with van der Waals surface area (Å²) >= 11 is 0. The van der Waals surface area contributed by atoms with Crippen molar-refractivity contribution in [3.8, 4) is 0 Å². The van der Waals surface area contributed by atoms with E-state index in [0.29, 0.717) is 36.5 Å². The van der Waals surface area contributed by atoms with Crippen LogP contribution in [0, 0.1) is 0 Å². The summed E-state index contributed by atoms with van der Waals surface area (Å²) < 4.78 is 34.0. The molecule has 0 unspecified atom stereocenters. The number of amides is 1. The van der Waals surface area contributed by atoms with Gasteiger partial charge in [0.15, 0.2) is 15.5 Å². The lowest BCUT2D eigenvalue weighted by Crippen LogP contribution is -2.25. The fraction of sp³-hybridized carbons (Fsp3) is 0.333. The number of benzene rings is 1. The molecule has 3 rings (SSSR count). The van der Waals surface area contributed by atoms with Crippen molar-refractivity contribution >= 4 is 15.7 Å². The zero-order valence-electron chi connectivity index (χ0n) is 12.5. The van der Waals surface area contributed by atoms with Gasteiger partial charge in [0.1, 0.15) is 5.76 Å². The molecule has 1 aromatic carbocycles. The smallest absolute Gasteiger partial charge is 0.274 e. The zero-order valence-corrected chi connectivity index (χ0v) is 13.4. The van der Waals surface area contributed by atoms with Gasteiger partial charge in [-0.15, -0.1) is 0 Å². The Hall–Kier alpha value is -2.19. The monoisotopic (exact) mass is 336 g/mol. The first-order valence-electron chi connectivity index (χ1n) is 7.08. The Kier molecular flexibility index (Phi) is 4.18. The first-order chi connectivity index (χ1) is 11.0. The molecule has 8 heteroatoms. The van der Waals surface area contributed by atoms with Crippen LogP contribution in [0.2, 0.25) is 0 Å². The van der Waals surface area contributed by atoms with Crippen LogP contribution >= 0.6 is 0 Å². The maximum Gasteiger partial charge on any atom is 0.274 e. The van der Waals surface area contributed by atoms with Crippen molar-refractivity contribution in [3.63, 3.8) is 0 Å². The third-order valence-corrected chi connectivity index (χ3v) is 4.81. The Morgan fingerprint density at radius 3 is 2.91 bits per heavy atom. The number of sulfone groups is 1. The number of carbonyl (C=O) groups is 1. The molecule has 0 atom stereocenters. The summed E-state index contributed by atoms with van der Waals surface area (Å²) in [6.07, 6.45) is 1.73. The van der Waals surface area contributed by atoms with Crippen molar-refractivity contribution in [2.24, 2.45) is 0 Å². The summed E-state index contributed by atoms with van der Waals surface area (Å²) in [6, 6.07) is 6.55. The summed E-state index contributed by atoms with van der Waals surface area (Å²) in [7, 11) is -3.35. The number of hydrogen-bond donors (Lipinski definition) is 1. The van der Waals surface area contributed by atoms with Gasteiger partial charge >= 0.3 is 0 Å². The largest absolute Gasteiger partial charge is 0.376 e. The van der Waals surface area contributed by atoms with Crippen LogP contribution in [0.25, 0.3) is 0 Å². The van der Waals surface area contributed by atoms with Crippen LogP contribution in [0.1, 0.15) is 27.4 Å². The van der Waals surface area contributed by atoms with E-state index < -0.39 is 15.7 Å². The molecule has 122 valence electrons. The van der Waals surface area contributed by atoms with Crippen LogP contribution in [0.4, 0.5) is 0 Å². The highest BCUT2D eigenvalue weighted by Gasteiger charge is 2.24. The molecule has 7 nitrogen and oxygen atoms in total. The van der Waals surface area contributed by atoms with E-state index in [0.717, 1.165) is 6.26 Å². The van der Waals surface area contributed by atoms with Crippen molar-refractivity contribution in [1.82, 2.24) is 10.5 Å². The summed E-state index contributed by atoms with van der Waals surface area (Å²) in [4.78, 5) is 12.5. The predicted molar refractivity (Wildman–Crippen MR) is 80.6 cm³/mol. The number of fused-ring (bicyclic) bond motifs is 1. The number of rotatable bonds is 4. The average Bonchev–Trinajstić information content (AvgIpc) is 2.96. The summed E-state index contributed by atoms with van der Waals surface area (Å²) in [5, 5.41) is 6.48. The van der Waals surface area contributed by atoms with E-state index in [4.69, 9.17) is 9.26 Å². The fourth-order valence-corrected chi connectivity index (χ4v) is 3.42. The molecule has 1 amide bonds. The maximum atomic E-state index is 12.3. The van der Waals surface area contributed by atoms with Crippen LogP contribution in [0.15, 0.2) is 33.7 Å². The van der Waals surface area contributed by atoms with Crippen LogP contribution in [0.3, 0.4) is 0 Å². The topological polar surface area (TPSA) is 98.5 Å². The first-order valence-corrected chi connectivity index (χ1v) is 8.97. The molecule has 1 aliphatic heterocycles. The SMILES string of the molecule is CS(=O)(=O)c1ccccc1CNC(=O)c1noc2c1COCC2. The van der Waals surface area contributed by atoms with Crippen molar-refractivity contribution in [3.05, 3.63) is 46.8 Å². The molecule has 23 heavy (non-hydrogen) atoms. The van der Waals surface area contributed by atoms with Gasteiger partial charge in [-0.05, 0) is 11.6 Å². The van der Waals surface area contributed by atoms with Crippen LogP contribution in [-0.4, -0.2) is 32.3 Å². The highest BCUT2D eigenvalue weighted by atomic mass is 32.2. The van der Waals surface area contributed by atoms with Crippen molar-refractivity contribution in [1.29, 1.82) is 0 Å². The van der Waals surface area contributed by atoms with Crippen LogP contribution in [0.5, 0.6) is 0 Å². The summed E-state index contributed by atoms with van der Waals surface area (Å²) in [6.45, 7) is 0.928. The summed E-state index contributed by atoms with van der Waals surface area (Å²) in [5.41, 5.74) is 1.37. The van der Waals surface area contributed by atoms with E-state index >= 15 is 0 Å². The van der Waals surface area contributed by atoms with E-state index in [1.807, 2.05) is 0 Å². The lowest BCUT2D eigenvalue weighted by molar-refractivity contribution is 0.0921. The molecule has 0 aliphatic carbocycles. The second kappa shape index (κ2) is 6.13. The highest BCUT2D eigenvalue weighted by molar-refractivity contribution is 7.90. The Labute approximate surface area is 133 Å². The van der Waals surface area contributed by atoms with Crippen molar-refractivity contribution in [2.75, 3.05) is 12.9 Å². The van der Waals surface area contributed by atoms with Gasteiger partial charge in [-0.2, -0.15) is 0 Å². The molecule has 0 bridgehead atoms. The maximum absolute atomic E-state index is 12.3. The molecule has 1 aromatic heterocycles. The Bertz CT molecular complexity index is 841. The molecule has 0 saturated heterocycles. The minimum absolute atomic E-state index is 0.0879. The third-order valence-electron chi connectivity index (χ3n) is 3.62. The quantitative estimate of drug-likeness (QED) is 0.897. The Morgan fingerprint density at radius 2 is 2.13 bits per heavy atom. The number of aromatic nitrogens is 1. The molecule has 2 aromatic rings. The lowest BCUT2D eigenvalue weighted by Gasteiger charge is -2.11. The number of carbonyl (C=O) groups excluding carboxylic acids is 1. The molecule has 1 aliphatic rings. The Morgan fingerprint density at radius 1 is 1.35 bits per heavy atom. The molecule has 0 spiro atoms. The van der Waals surface area contributed by atoms with E-state index in [9.17, 15) is 13.2 Å². The zero-order chi connectivity index (χ0) is 16.4. The number of ether oxygens (including phenoxy) is 1. The van der Waals surface area contributed by atoms with Gasteiger partial charge in [-0.25, -0.2) is 8.42 Å². The minimum atomic E-state index is -3.35. The van der Waals surface area contributed by atoms with Crippen LogP contribution in [-0.2, 0) is 34.1 Å². The third kappa shape index (κ3) is 3.27. The number of hydrogen-bond acceptors (Lipinski definition) is 6. The standard InChI is InChI=1S/C15H16N2O5S/c1-23(19,20)13-5-3-2-4-10(13)8-16-15(18)14-11-9-21-7-6-12(11)22-17-14/h2-5H,6-9H2,1H3,(H,16,18).